The van der Waals surface area contributed by atoms with E-state index in [-0.39, 0.29) is 35.4 Å². The minimum atomic E-state index is -0.224. The Morgan fingerprint density at radius 2 is 2.11 bits per heavy atom. The van der Waals surface area contributed by atoms with E-state index in [2.05, 4.69) is 41.4 Å². The van der Waals surface area contributed by atoms with Crippen LogP contribution in [0.2, 0.25) is 0 Å². The quantitative estimate of drug-likeness (QED) is 0.621. The van der Waals surface area contributed by atoms with Crippen molar-refractivity contribution in [3.63, 3.8) is 0 Å². The Hall–Kier alpha value is -1.43. The number of aromatic amines is 1. The molecule has 0 aromatic carbocycles. The molecule has 1 aliphatic rings. The fourth-order valence-corrected chi connectivity index (χ4v) is 2.09. The van der Waals surface area contributed by atoms with E-state index in [0.29, 0.717) is 11.5 Å². The molecule has 102 valence electrons. The van der Waals surface area contributed by atoms with Gasteiger partial charge in [-0.25, -0.2) is 0 Å². The molecule has 1 atom stereocenters. The number of anilines is 3. The average molecular weight is 274 g/mol. The lowest BCUT2D eigenvalue weighted by molar-refractivity contribution is 0.352. The first kappa shape index (κ1) is 14.6. The van der Waals surface area contributed by atoms with Crippen LogP contribution < -0.4 is 21.9 Å². The minimum absolute atomic E-state index is 0. The van der Waals surface area contributed by atoms with Crippen molar-refractivity contribution >= 4 is 29.9 Å². The highest BCUT2D eigenvalue weighted by Gasteiger charge is 2.25. The Morgan fingerprint density at radius 1 is 1.44 bits per heavy atom. The Kier molecular flexibility index (Phi) is 4.11. The molecule has 0 saturated heterocycles. The molecule has 5 N–H and O–H groups in total. The fourth-order valence-electron chi connectivity index (χ4n) is 2.09. The van der Waals surface area contributed by atoms with E-state index in [9.17, 15) is 4.79 Å². The Morgan fingerprint density at radius 3 is 2.72 bits per heavy atom. The van der Waals surface area contributed by atoms with Crippen molar-refractivity contribution in [2.75, 3.05) is 22.9 Å². The van der Waals surface area contributed by atoms with Crippen molar-refractivity contribution in [3.8, 4) is 0 Å². The summed E-state index contributed by atoms with van der Waals surface area (Å²) in [6.45, 7) is 7.28. The first-order valence-electron chi connectivity index (χ1n) is 5.75. The third kappa shape index (κ3) is 3.29. The standard InChI is InChI=1S/C11H19N5O.ClH/c1-11(2,3)4-6-5-13-8-7(14-6)9(17)16-10(12)15-8;/h6,14H,4-5H2,1-3H3,(H4,12,13,15,16,17);1H. The molecule has 7 heteroatoms. The van der Waals surface area contributed by atoms with Crippen molar-refractivity contribution in [1.29, 1.82) is 0 Å². The van der Waals surface area contributed by atoms with Gasteiger partial charge in [0.1, 0.15) is 5.69 Å². The van der Waals surface area contributed by atoms with Gasteiger partial charge in [-0.15, -0.1) is 12.4 Å². The molecule has 0 aliphatic carbocycles. The van der Waals surface area contributed by atoms with Gasteiger partial charge in [0.25, 0.3) is 5.56 Å². The summed E-state index contributed by atoms with van der Waals surface area (Å²) >= 11 is 0. The third-order valence-electron chi connectivity index (χ3n) is 2.66. The largest absolute Gasteiger partial charge is 0.373 e. The van der Waals surface area contributed by atoms with E-state index < -0.39 is 0 Å². The topological polar surface area (TPSA) is 95.8 Å². The molecule has 1 aromatic rings. The number of nitrogens with two attached hydrogens (primary N) is 1. The molecule has 6 nitrogen and oxygen atoms in total. The lowest BCUT2D eigenvalue weighted by Crippen LogP contribution is -2.39. The second-order valence-corrected chi connectivity index (χ2v) is 5.66. The SMILES string of the molecule is CC(C)(C)CC1CNc2nc(N)[nH]c(=O)c2N1.Cl. The summed E-state index contributed by atoms with van der Waals surface area (Å²) in [7, 11) is 0. The van der Waals surface area contributed by atoms with Gasteiger partial charge in [-0.2, -0.15) is 4.98 Å². The van der Waals surface area contributed by atoms with Crippen molar-refractivity contribution in [3.05, 3.63) is 10.4 Å². The van der Waals surface area contributed by atoms with E-state index in [1.807, 2.05) is 0 Å². The summed E-state index contributed by atoms with van der Waals surface area (Å²) < 4.78 is 0. The molecule has 1 aromatic heterocycles. The molecule has 0 radical (unpaired) electrons. The van der Waals surface area contributed by atoms with Crippen molar-refractivity contribution in [1.82, 2.24) is 9.97 Å². The summed E-state index contributed by atoms with van der Waals surface area (Å²) in [5.74, 6) is 0.675. The van der Waals surface area contributed by atoms with Gasteiger partial charge in [0, 0.05) is 12.6 Å². The summed E-state index contributed by atoms with van der Waals surface area (Å²) in [6, 6.07) is 0.231. The molecule has 0 fully saturated rings. The second kappa shape index (κ2) is 5.06. The number of nitrogens with zero attached hydrogens (tertiary/aromatic N) is 1. The van der Waals surface area contributed by atoms with Gasteiger partial charge in [0.15, 0.2) is 5.82 Å². The fraction of sp³-hybridized carbons (Fsp3) is 0.636. The van der Waals surface area contributed by atoms with Crippen LogP contribution in [0.4, 0.5) is 17.5 Å². The molecule has 0 amide bonds. The van der Waals surface area contributed by atoms with Crippen LogP contribution in [0.15, 0.2) is 4.79 Å². The molecule has 2 heterocycles. The second-order valence-electron chi connectivity index (χ2n) is 5.66. The van der Waals surface area contributed by atoms with Gasteiger partial charge in [0.2, 0.25) is 5.95 Å². The van der Waals surface area contributed by atoms with E-state index in [1.165, 1.54) is 0 Å². The monoisotopic (exact) mass is 273 g/mol. The van der Waals surface area contributed by atoms with Crippen LogP contribution in [-0.2, 0) is 0 Å². The molecule has 18 heavy (non-hydrogen) atoms. The number of nitrogens with one attached hydrogen (secondary N) is 3. The Bertz CT molecular complexity index is 479. The normalized spacial score (nSPS) is 18.1. The van der Waals surface area contributed by atoms with Crippen LogP contribution in [0.25, 0.3) is 0 Å². The average Bonchev–Trinajstić information content (AvgIpc) is 2.16. The van der Waals surface area contributed by atoms with Crippen LogP contribution in [0.5, 0.6) is 0 Å². The van der Waals surface area contributed by atoms with Crippen molar-refractivity contribution in [2.45, 2.75) is 33.2 Å². The number of halogens is 1. The van der Waals surface area contributed by atoms with Crippen LogP contribution in [0.1, 0.15) is 27.2 Å². The van der Waals surface area contributed by atoms with E-state index in [1.54, 1.807) is 0 Å². The number of H-pyrrole nitrogens is 1. The lowest BCUT2D eigenvalue weighted by Gasteiger charge is -2.31. The number of rotatable bonds is 1. The number of fused-ring (bicyclic) bond motifs is 1. The number of nitrogen functional groups attached to an aromatic ring is 1. The van der Waals surface area contributed by atoms with Gasteiger partial charge in [-0.05, 0) is 11.8 Å². The maximum Gasteiger partial charge on any atom is 0.277 e. The van der Waals surface area contributed by atoms with E-state index in [0.717, 1.165) is 13.0 Å². The molecular weight excluding hydrogens is 254 g/mol. The van der Waals surface area contributed by atoms with Gasteiger partial charge in [-0.1, -0.05) is 20.8 Å². The van der Waals surface area contributed by atoms with Crippen LogP contribution in [0.3, 0.4) is 0 Å². The van der Waals surface area contributed by atoms with Crippen LogP contribution in [0, 0.1) is 5.41 Å². The van der Waals surface area contributed by atoms with Gasteiger partial charge < -0.3 is 16.4 Å². The number of hydrogen-bond acceptors (Lipinski definition) is 5. The lowest BCUT2D eigenvalue weighted by atomic mass is 9.87. The van der Waals surface area contributed by atoms with Crippen LogP contribution >= 0.6 is 12.4 Å². The number of aromatic nitrogens is 2. The first-order chi connectivity index (χ1) is 7.85. The highest BCUT2D eigenvalue weighted by Crippen LogP contribution is 2.27. The highest BCUT2D eigenvalue weighted by molar-refractivity contribution is 5.85. The molecular formula is C11H20ClN5O. The van der Waals surface area contributed by atoms with Gasteiger partial charge in [0.05, 0.1) is 0 Å². The van der Waals surface area contributed by atoms with Crippen molar-refractivity contribution in [2.24, 2.45) is 5.41 Å². The van der Waals surface area contributed by atoms with E-state index in [4.69, 9.17) is 5.73 Å². The summed E-state index contributed by atoms with van der Waals surface area (Å²) in [5.41, 5.74) is 5.96. The summed E-state index contributed by atoms with van der Waals surface area (Å²) in [4.78, 5) is 18.3. The predicted octanol–water partition coefficient (Wildman–Crippen LogP) is 1.42. The Labute approximate surface area is 112 Å². The Balaban J connectivity index is 0.00000162. The van der Waals surface area contributed by atoms with Gasteiger partial charge in [-0.3, -0.25) is 9.78 Å². The molecule has 1 aliphatic heterocycles. The third-order valence-corrected chi connectivity index (χ3v) is 2.66. The zero-order chi connectivity index (χ0) is 12.6. The molecule has 0 bridgehead atoms. The molecule has 0 saturated carbocycles. The molecule has 1 unspecified atom stereocenters. The zero-order valence-corrected chi connectivity index (χ0v) is 11.6. The van der Waals surface area contributed by atoms with Gasteiger partial charge >= 0.3 is 0 Å². The predicted molar refractivity (Wildman–Crippen MR) is 76.5 cm³/mol. The number of hydrogen-bond donors (Lipinski definition) is 4. The zero-order valence-electron chi connectivity index (χ0n) is 10.8. The first-order valence-corrected chi connectivity index (χ1v) is 5.75. The summed E-state index contributed by atoms with van der Waals surface area (Å²) in [6.07, 6.45) is 0.975. The molecule has 0 spiro atoms. The van der Waals surface area contributed by atoms with Crippen LogP contribution in [-0.4, -0.2) is 22.6 Å². The summed E-state index contributed by atoms with van der Waals surface area (Å²) in [5, 5.41) is 6.37. The maximum atomic E-state index is 11.7. The molecule has 2 rings (SSSR count). The maximum absolute atomic E-state index is 11.7. The highest BCUT2D eigenvalue weighted by atomic mass is 35.5. The minimum Gasteiger partial charge on any atom is -0.373 e. The smallest absolute Gasteiger partial charge is 0.277 e. The van der Waals surface area contributed by atoms with Crippen molar-refractivity contribution < 1.29 is 0 Å². The van der Waals surface area contributed by atoms with E-state index >= 15 is 0 Å².